The number of amides is 1. The monoisotopic (exact) mass is 368 g/mol. The molecule has 3 aromatic rings. The number of nitrogens with one attached hydrogen (secondary N) is 1. The lowest BCUT2D eigenvalue weighted by atomic mass is 10.1. The Morgan fingerprint density at radius 2 is 1.70 bits per heavy atom. The van der Waals surface area contributed by atoms with E-state index in [0.29, 0.717) is 34.4 Å². The van der Waals surface area contributed by atoms with Gasteiger partial charge >= 0.3 is 0 Å². The van der Waals surface area contributed by atoms with Gasteiger partial charge in [0.2, 0.25) is 5.95 Å². The summed E-state index contributed by atoms with van der Waals surface area (Å²) in [6.07, 6.45) is 0. The maximum Gasteiger partial charge on any atom is 0.274 e. The van der Waals surface area contributed by atoms with Crippen molar-refractivity contribution in [2.24, 2.45) is 7.05 Å². The molecule has 3 rings (SSSR count). The van der Waals surface area contributed by atoms with E-state index in [1.54, 1.807) is 25.2 Å². The van der Waals surface area contributed by atoms with Crippen LogP contribution in [0.4, 0.5) is 16.0 Å². The maximum atomic E-state index is 13.1. The molecule has 0 spiro atoms. The van der Waals surface area contributed by atoms with Gasteiger partial charge in [0, 0.05) is 26.7 Å². The Bertz CT molecular complexity index is 971. The van der Waals surface area contributed by atoms with E-state index in [1.165, 1.54) is 16.8 Å². The number of aryl methyl sites for hydroxylation is 3. The van der Waals surface area contributed by atoms with Gasteiger partial charge in [0.15, 0.2) is 0 Å². The van der Waals surface area contributed by atoms with Crippen molar-refractivity contribution in [3.05, 3.63) is 53.2 Å². The third-order valence-electron chi connectivity index (χ3n) is 4.15. The first-order valence-electron chi connectivity index (χ1n) is 8.40. The van der Waals surface area contributed by atoms with Crippen LogP contribution in [0.5, 0.6) is 0 Å². The Kier molecular flexibility index (Phi) is 4.89. The van der Waals surface area contributed by atoms with Crippen molar-refractivity contribution in [3.63, 3.8) is 0 Å². The Morgan fingerprint density at radius 3 is 2.26 bits per heavy atom. The molecule has 7 nitrogen and oxygen atoms in total. The van der Waals surface area contributed by atoms with E-state index in [2.05, 4.69) is 20.4 Å². The SMILES string of the molecule is Cc1nc(N(C)C)nc(C)c1NC(=O)c1cc(-c2ccc(F)cc2)nn1C. The molecule has 0 atom stereocenters. The van der Waals surface area contributed by atoms with E-state index < -0.39 is 0 Å². The topological polar surface area (TPSA) is 75.9 Å². The number of aromatic nitrogens is 4. The highest BCUT2D eigenvalue weighted by atomic mass is 19.1. The van der Waals surface area contributed by atoms with E-state index in [0.717, 1.165) is 5.56 Å². The number of hydrogen-bond donors (Lipinski definition) is 1. The van der Waals surface area contributed by atoms with Crippen molar-refractivity contribution in [2.75, 3.05) is 24.3 Å². The van der Waals surface area contributed by atoms with Gasteiger partial charge in [-0.15, -0.1) is 0 Å². The van der Waals surface area contributed by atoms with Gasteiger partial charge in [-0.2, -0.15) is 5.10 Å². The maximum absolute atomic E-state index is 13.1. The van der Waals surface area contributed by atoms with Gasteiger partial charge in [0.1, 0.15) is 11.5 Å². The smallest absolute Gasteiger partial charge is 0.274 e. The molecule has 27 heavy (non-hydrogen) atoms. The van der Waals surface area contributed by atoms with Gasteiger partial charge in [-0.1, -0.05) is 0 Å². The first-order valence-corrected chi connectivity index (χ1v) is 8.40. The molecule has 0 bridgehead atoms. The Hall–Kier alpha value is -3.29. The van der Waals surface area contributed by atoms with Crippen LogP contribution in [0.15, 0.2) is 30.3 Å². The van der Waals surface area contributed by atoms with Crippen LogP contribution >= 0.6 is 0 Å². The second-order valence-electron chi connectivity index (χ2n) is 6.46. The van der Waals surface area contributed by atoms with E-state index in [1.807, 2.05) is 32.8 Å². The summed E-state index contributed by atoms with van der Waals surface area (Å²) in [7, 11) is 5.41. The minimum absolute atomic E-state index is 0.314. The first kappa shape index (κ1) is 18.5. The Morgan fingerprint density at radius 1 is 1.11 bits per heavy atom. The molecule has 0 unspecified atom stereocenters. The molecule has 1 aromatic carbocycles. The highest BCUT2D eigenvalue weighted by molar-refractivity contribution is 6.04. The zero-order valence-electron chi connectivity index (χ0n) is 15.9. The fourth-order valence-corrected chi connectivity index (χ4v) is 2.70. The molecule has 140 valence electrons. The summed E-state index contributed by atoms with van der Waals surface area (Å²) in [6.45, 7) is 3.65. The molecule has 0 fully saturated rings. The van der Waals surface area contributed by atoms with Gasteiger partial charge in [0.05, 0.1) is 22.8 Å². The minimum Gasteiger partial charge on any atom is -0.347 e. The number of carbonyl (C=O) groups excluding carboxylic acids is 1. The van der Waals surface area contributed by atoms with E-state index in [4.69, 9.17) is 0 Å². The quantitative estimate of drug-likeness (QED) is 0.766. The molecular weight excluding hydrogens is 347 g/mol. The molecule has 0 saturated heterocycles. The van der Waals surface area contributed by atoms with Crippen LogP contribution < -0.4 is 10.2 Å². The van der Waals surface area contributed by atoms with Crippen LogP contribution in [0.1, 0.15) is 21.9 Å². The molecule has 0 aliphatic rings. The van der Waals surface area contributed by atoms with Crippen LogP contribution in [0.3, 0.4) is 0 Å². The van der Waals surface area contributed by atoms with Crippen LogP contribution in [-0.2, 0) is 7.05 Å². The van der Waals surface area contributed by atoms with Gasteiger partial charge in [-0.05, 0) is 44.2 Å². The molecule has 8 heteroatoms. The van der Waals surface area contributed by atoms with Crippen molar-refractivity contribution < 1.29 is 9.18 Å². The Labute approximate surface area is 156 Å². The summed E-state index contributed by atoms with van der Waals surface area (Å²) in [5.74, 6) is -0.0485. The predicted octanol–water partition coefficient (Wildman–Crippen LogP) is 2.95. The number of rotatable bonds is 4. The average Bonchev–Trinajstić information content (AvgIpc) is 3.00. The highest BCUT2D eigenvalue weighted by Crippen LogP contribution is 2.22. The summed E-state index contributed by atoms with van der Waals surface area (Å²) in [5.41, 5.74) is 3.65. The van der Waals surface area contributed by atoms with Crippen LogP contribution in [0, 0.1) is 19.7 Å². The fraction of sp³-hybridized carbons (Fsp3) is 0.263. The molecule has 1 N–H and O–H groups in total. The minimum atomic E-state index is -0.320. The standard InChI is InChI=1S/C19H21FN6O/c1-11-17(12(2)22-19(21-11)25(3)4)23-18(27)16-10-15(24-26(16)5)13-6-8-14(20)9-7-13/h6-10H,1-5H3,(H,23,27). The summed E-state index contributed by atoms with van der Waals surface area (Å²) in [6, 6.07) is 7.64. The number of halogens is 1. The fourth-order valence-electron chi connectivity index (χ4n) is 2.70. The van der Waals surface area contributed by atoms with Gasteiger partial charge in [-0.3, -0.25) is 9.48 Å². The van der Waals surface area contributed by atoms with Crippen molar-refractivity contribution in [3.8, 4) is 11.3 Å². The van der Waals surface area contributed by atoms with Gasteiger partial charge < -0.3 is 10.2 Å². The van der Waals surface area contributed by atoms with Crippen LogP contribution in [-0.4, -0.2) is 39.8 Å². The molecule has 2 heterocycles. The Balaban J connectivity index is 1.88. The van der Waals surface area contributed by atoms with Crippen molar-refractivity contribution >= 4 is 17.5 Å². The summed E-state index contributed by atoms with van der Waals surface area (Å²) >= 11 is 0. The predicted molar refractivity (Wildman–Crippen MR) is 102 cm³/mol. The summed E-state index contributed by atoms with van der Waals surface area (Å²) in [4.78, 5) is 23.4. The number of benzene rings is 1. The van der Waals surface area contributed by atoms with Crippen molar-refractivity contribution in [1.29, 1.82) is 0 Å². The second-order valence-corrected chi connectivity index (χ2v) is 6.46. The van der Waals surface area contributed by atoms with E-state index in [9.17, 15) is 9.18 Å². The zero-order chi connectivity index (χ0) is 19.7. The zero-order valence-corrected chi connectivity index (χ0v) is 15.9. The summed E-state index contributed by atoms with van der Waals surface area (Å²) in [5, 5.41) is 7.22. The third kappa shape index (κ3) is 3.79. The number of nitrogens with zero attached hydrogens (tertiary/aromatic N) is 5. The van der Waals surface area contributed by atoms with E-state index >= 15 is 0 Å². The lowest BCUT2D eigenvalue weighted by Gasteiger charge is -2.15. The van der Waals surface area contributed by atoms with Gasteiger partial charge in [-0.25, -0.2) is 14.4 Å². The van der Waals surface area contributed by atoms with Gasteiger partial charge in [0.25, 0.3) is 5.91 Å². The van der Waals surface area contributed by atoms with E-state index in [-0.39, 0.29) is 11.7 Å². The largest absolute Gasteiger partial charge is 0.347 e. The lowest BCUT2D eigenvalue weighted by molar-refractivity contribution is 0.101. The van der Waals surface area contributed by atoms with Crippen molar-refractivity contribution in [2.45, 2.75) is 13.8 Å². The summed E-state index contributed by atoms with van der Waals surface area (Å²) < 4.78 is 14.6. The molecule has 0 saturated carbocycles. The lowest BCUT2D eigenvalue weighted by Crippen LogP contribution is -2.20. The number of carbonyl (C=O) groups is 1. The highest BCUT2D eigenvalue weighted by Gasteiger charge is 2.18. The molecule has 0 aliphatic heterocycles. The van der Waals surface area contributed by atoms with Crippen LogP contribution in [0.25, 0.3) is 11.3 Å². The number of hydrogen-bond acceptors (Lipinski definition) is 5. The molecule has 0 aliphatic carbocycles. The molecule has 0 radical (unpaired) electrons. The normalized spacial score (nSPS) is 10.7. The number of anilines is 2. The second kappa shape index (κ2) is 7.14. The molecular formula is C19H21FN6O. The third-order valence-corrected chi connectivity index (χ3v) is 4.15. The average molecular weight is 368 g/mol. The van der Waals surface area contributed by atoms with Crippen molar-refractivity contribution in [1.82, 2.24) is 19.7 Å². The molecule has 1 amide bonds. The van der Waals surface area contributed by atoms with Crippen LogP contribution in [0.2, 0.25) is 0 Å². The first-order chi connectivity index (χ1) is 12.8. The molecule has 2 aromatic heterocycles.